The van der Waals surface area contributed by atoms with E-state index in [2.05, 4.69) is 7.05 Å². The Balaban J connectivity index is 0.00000180. The van der Waals surface area contributed by atoms with Gasteiger partial charge in [0.1, 0.15) is 25.9 Å². The lowest BCUT2D eigenvalue weighted by atomic mass is 10.2. The first kappa shape index (κ1) is 16.5. The zero-order valence-corrected chi connectivity index (χ0v) is 13.5. The third-order valence-electron chi connectivity index (χ3n) is 3.25. The summed E-state index contributed by atoms with van der Waals surface area (Å²) in [6.45, 7) is 6.45. The molecular formula is C13H20INO4. The molecule has 6 heteroatoms. The van der Waals surface area contributed by atoms with E-state index in [-0.39, 0.29) is 29.9 Å². The van der Waals surface area contributed by atoms with Gasteiger partial charge in [0.25, 0.3) is 0 Å². The van der Waals surface area contributed by atoms with Crippen LogP contribution in [0.2, 0.25) is 0 Å². The van der Waals surface area contributed by atoms with Crippen LogP contribution in [0, 0.1) is 0 Å². The summed E-state index contributed by atoms with van der Waals surface area (Å²) in [6, 6.07) is 1.77. The van der Waals surface area contributed by atoms with Crippen molar-refractivity contribution in [2.24, 2.45) is 0 Å². The van der Waals surface area contributed by atoms with Crippen molar-refractivity contribution in [3.8, 4) is 0 Å². The first-order chi connectivity index (χ1) is 8.63. The summed E-state index contributed by atoms with van der Waals surface area (Å²) in [6.07, 6.45) is 1.47. The quantitative estimate of drug-likeness (QED) is 0.360. The Morgan fingerprint density at radius 1 is 1.42 bits per heavy atom. The van der Waals surface area contributed by atoms with E-state index >= 15 is 0 Å². The van der Waals surface area contributed by atoms with Crippen molar-refractivity contribution in [3.05, 3.63) is 23.7 Å². The van der Waals surface area contributed by atoms with Gasteiger partial charge in [-0.2, -0.15) is 0 Å². The molecule has 0 aliphatic carbocycles. The van der Waals surface area contributed by atoms with E-state index in [0.29, 0.717) is 12.2 Å². The van der Waals surface area contributed by atoms with Gasteiger partial charge in [-0.25, -0.2) is 4.79 Å². The second kappa shape index (κ2) is 7.25. The highest BCUT2D eigenvalue weighted by molar-refractivity contribution is 5.89. The fourth-order valence-corrected chi connectivity index (χ4v) is 2.10. The third kappa shape index (κ3) is 4.47. The van der Waals surface area contributed by atoms with Crippen LogP contribution < -0.4 is 24.0 Å². The van der Waals surface area contributed by atoms with Gasteiger partial charge in [-0.1, -0.05) is 0 Å². The smallest absolute Gasteiger partial charge is 0.341 e. The zero-order valence-electron chi connectivity index (χ0n) is 11.4. The molecular weight excluding hydrogens is 361 g/mol. The number of furan rings is 1. The topological polar surface area (TPSA) is 48.7 Å². The molecule has 1 aliphatic rings. The molecule has 5 nitrogen and oxygen atoms in total. The highest BCUT2D eigenvalue weighted by Crippen LogP contribution is 2.17. The number of ether oxygens (including phenoxy) is 2. The van der Waals surface area contributed by atoms with Gasteiger partial charge in [-0.3, -0.25) is 0 Å². The molecule has 0 saturated carbocycles. The molecule has 1 aromatic rings. The molecule has 0 unspecified atom stereocenters. The summed E-state index contributed by atoms with van der Waals surface area (Å²) in [7, 11) is 2.18. The Morgan fingerprint density at radius 3 is 2.74 bits per heavy atom. The van der Waals surface area contributed by atoms with Gasteiger partial charge >= 0.3 is 5.97 Å². The monoisotopic (exact) mass is 381 g/mol. The number of nitrogens with zero attached hydrogens (tertiary/aromatic N) is 1. The summed E-state index contributed by atoms with van der Waals surface area (Å²) in [5, 5.41) is 0. The number of morpholine rings is 1. The van der Waals surface area contributed by atoms with Crippen LogP contribution in [0.5, 0.6) is 0 Å². The minimum absolute atomic E-state index is 0. The Hall–Kier alpha value is -0.600. The van der Waals surface area contributed by atoms with Crippen LogP contribution >= 0.6 is 0 Å². The van der Waals surface area contributed by atoms with E-state index in [1.54, 1.807) is 13.0 Å². The standard InChI is InChI=1S/C13H20NO4.HI/c1-3-17-13(15)11-8-12(18-10-11)9-14(2)4-6-16-7-5-14;/h8,10H,3-7,9H2,1-2H3;1H/q+1;/p-1. The largest absolute Gasteiger partial charge is 1.00 e. The van der Waals surface area contributed by atoms with E-state index in [4.69, 9.17) is 13.9 Å². The average Bonchev–Trinajstić information content (AvgIpc) is 2.78. The van der Waals surface area contributed by atoms with Gasteiger partial charge < -0.3 is 42.4 Å². The van der Waals surface area contributed by atoms with Crippen molar-refractivity contribution in [3.63, 3.8) is 0 Å². The van der Waals surface area contributed by atoms with Crippen molar-refractivity contribution < 1.29 is 47.1 Å². The van der Waals surface area contributed by atoms with Crippen LogP contribution in [0.3, 0.4) is 0 Å². The molecule has 1 aromatic heterocycles. The first-order valence-corrected chi connectivity index (χ1v) is 6.29. The molecule has 1 aliphatic heterocycles. The molecule has 0 atom stereocenters. The maximum absolute atomic E-state index is 11.5. The number of hydrogen-bond donors (Lipinski definition) is 0. The molecule has 0 amide bonds. The van der Waals surface area contributed by atoms with Crippen molar-refractivity contribution in [1.29, 1.82) is 0 Å². The Labute approximate surface area is 130 Å². The average molecular weight is 381 g/mol. The number of hydrogen-bond acceptors (Lipinski definition) is 4. The second-order valence-corrected chi connectivity index (χ2v) is 4.86. The lowest BCUT2D eigenvalue weighted by Gasteiger charge is -2.36. The second-order valence-electron chi connectivity index (χ2n) is 4.86. The van der Waals surface area contributed by atoms with Crippen molar-refractivity contribution in [1.82, 2.24) is 0 Å². The third-order valence-corrected chi connectivity index (χ3v) is 3.25. The molecule has 0 aromatic carbocycles. The molecule has 19 heavy (non-hydrogen) atoms. The predicted molar refractivity (Wildman–Crippen MR) is 65.1 cm³/mol. The number of esters is 1. The van der Waals surface area contributed by atoms with Crippen molar-refractivity contribution in [2.75, 3.05) is 40.0 Å². The van der Waals surface area contributed by atoms with E-state index < -0.39 is 0 Å². The number of carbonyl (C=O) groups is 1. The van der Waals surface area contributed by atoms with Crippen LogP contribution in [0.25, 0.3) is 0 Å². The number of halogens is 1. The molecule has 1 saturated heterocycles. The predicted octanol–water partition coefficient (Wildman–Crippen LogP) is -1.56. The molecule has 0 radical (unpaired) electrons. The Kier molecular flexibility index (Phi) is 6.28. The fourth-order valence-electron chi connectivity index (χ4n) is 2.10. The number of likely N-dealkylation sites (N-methyl/N-ethyl adjacent to an activating group) is 1. The zero-order chi connectivity index (χ0) is 13.0. The van der Waals surface area contributed by atoms with E-state index in [1.165, 1.54) is 6.26 Å². The normalized spacial score (nSPS) is 17.6. The Morgan fingerprint density at radius 2 is 2.11 bits per heavy atom. The van der Waals surface area contributed by atoms with Gasteiger partial charge in [0.2, 0.25) is 0 Å². The van der Waals surface area contributed by atoms with E-state index in [9.17, 15) is 4.79 Å². The molecule has 2 heterocycles. The Bertz CT molecular complexity index is 413. The van der Waals surface area contributed by atoms with Crippen LogP contribution in [0.15, 0.2) is 16.7 Å². The molecule has 1 fully saturated rings. The van der Waals surface area contributed by atoms with E-state index in [1.807, 2.05) is 0 Å². The summed E-state index contributed by atoms with van der Waals surface area (Å²) in [5.74, 6) is 0.500. The minimum atomic E-state index is -0.322. The lowest BCUT2D eigenvalue weighted by Crippen LogP contribution is -3.00. The van der Waals surface area contributed by atoms with Gasteiger partial charge in [-0.05, 0) is 6.92 Å². The molecule has 108 valence electrons. The van der Waals surface area contributed by atoms with Crippen molar-refractivity contribution in [2.45, 2.75) is 13.5 Å². The van der Waals surface area contributed by atoms with Crippen molar-refractivity contribution >= 4 is 5.97 Å². The maximum Gasteiger partial charge on any atom is 0.341 e. The molecule has 2 rings (SSSR count). The summed E-state index contributed by atoms with van der Waals surface area (Å²) in [5.41, 5.74) is 0.492. The molecule has 0 bridgehead atoms. The molecule has 0 spiro atoms. The number of quaternary nitrogens is 1. The maximum atomic E-state index is 11.5. The summed E-state index contributed by atoms with van der Waals surface area (Å²) in [4.78, 5) is 11.5. The minimum Gasteiger partial charge on any atom is -1.00 e. The van der Waals surface area contributed by atoms with Gasteiger partial charge in [-0.15, -0.1) is 0 Å². The number of rotatable bonds is 4. The van der Waals surface area contributed by atoms with Gasteiger partial charge in [0.05, 0.1) is 32.4 Å². The van der Waals surface area contributed by atoms with Crippen LogP contribution in [0.1, 0.15) is 23.0 Å². The van der Waals surface area contributed by atoms with Crippen LogP contribution in [-0.2, 0) is 16.0 Å². The van der Waals surface area contributed by atoms with Crippen LogP contribution in [-0.4, -0.2) is 50.4 Å². The van der Waals surface area contributed by atoms with Gasteiger partial charge in [0, 0.05) is 6.07 Å². The van der Waals surface area contributed by atoms with Gasteiger partial charge in [0.15, 0.2) is 5.76 Å². The summed E-state index contributed by atoms with van der Waals surface area (Å²) < 4.78 is 16.6. The molecule has 0 N–H and O–H groups in total. The summed E-state index contributed by atoms with van der Waals surface area (Å²) >= 11 is 0. The highest BCUT2D eigenvalue weighted by Gasteiger charge is 2.27. The first-order valence-electron chi connectivity index (χ1n) is 6.29. The SMILES string of the molecule is CCOC(=O)c1coc(C[N+]2(C)CCOCC2)c1.[I-]. The van der Waals surface area contributed by atoms with E-state index in [0.717, 1.165) is 43.1 Å². The highest BCUT2D eigenvalue weighted by atomic mass is 127. The number of carbonyl (C=O) groups excluding carboxylic acids is 1. The van der Waals surface area contributed by atoms with Crippen LogP contribution in [0.4, 0.5) is 0 Å². The fraction of sp³-hybridized carbons (Fsp3) is 0.615. The lowest BCUT2D eigenvalue weighted by molar-refractivity contribution is -0.930.